The van der Waals surface area contributed by atoms with Gasteiger partial charge in [-0.25, -0.2) is 0 Å². The van der Waals surface area contributed by atoms with Crippen molar-refractivity contribution in [3.63, 3.8) is 0 Å². The van der Waals surface area contributed by atoms with Gasteiger partial charge in [-0.15, -0.1) is 0 Å². The zero-order valence-corrected chi connectivity index (χ0v) is 10.9. The van der Waals surface area contributed by atoms with Crippen LogP contribution in [0.4, 0.5) is 0 Å². The molecule has 0 saturated carbocycles. The molecule has 1 aromatic heterocycles. The molecule has 2 N–H and O–H groups in total. The molecule has 0 aliphatic carbocycles. The first-order chi connectivity index (χ1) is 7.95. The van der Waals surface area contributed by atoms with Crippen molar-refractivity contribution in [1.82, 2.24) is 15.1 Å². The molecular weight excluding hydrogens is 218 g/mol. The molecule has 17 heavy (non-hydrogen) atoms. The van der Waals surface area contributed by atoms with Gasteiger partial charge in [0.05, 0.1) is 0 Å². The Morgan fingerprint density at radius 3 is 2.65 bits per heavy atom. The van der Waals surface area contributed by atoms with E-state index in [1.165, 1.54) is 0 Å². The van der Waals surface area contributed by atoms with Gasteiger partial charge in [-0.1, -0.05) is 20.8 Å². The van der Waals surface area contributed by atoms with E-state index >= 15 is 0 Å². The van der Waals surface area contributed by atoms with E-state index in [2.05, 4.69) is 24.3 Å². The molecule has 0 fully saturated rings. The first kappa shape index (κ1) is 13.7. The van der Waals surface area contributed by atoms with E-state index in [1.54, 1.807) is 4.68 Å². The maximum absolute atomic E-state index is 11.8. The fraction of sp³-hybridized carbons (Fsp3) is 0.667. The number of nitrogens with one attached hydrogen (secondary N) is 1. The highest BCUT2D eigenvalue weighted by atomic mass is 16.3. The van der Waals surface area contributed by atoms with Crippen molar-refractivity contribution in [2.45, 2.75) is 26.7 Å². The van der Waals surface area contributed by atoms with Gasteiger partial charge in [-0.2, -0.15) is 5.10 Å². The quantitative estimate of drug-likeness (QED) is 0.802. The lowest BCUT2D eigenvalue weighted by Crippen LogP contribution is -2.29. The minimum atomic E-state index is -0.187. The van der Waals surface area contributed by atoms with Crippen molar-refractivity contribution in [3.05, 3.63) is 17.5 Å². The van der Waals surface area contributed by atoms with Gasteiger partial charge in [-0.3, -0.25) is 9.48 Å². The van der Waals surface area contributed by atoms with Crippen molar-refractivity contribution >= 4 is 5.91 Å². The summed E-state index contributed by atoms with van der Waals surface area (Å²) in [6, 6.07) is 1.81. The van der Waals surface area contributed by atoms with Crippen LogP contribution in [0.5, 0.6) is 0 Å². The van der Waals surface area contributed by atoms with Crippen LogP contribution in [-0.2, 0) is 7.05 Å². The van der Waals surface area contributed by atoms with Crippen LogP contribution in [0, 0.1) is 5.92 Å². The van der Waals surface area contributed by atoms with E-state index < -0.39 is 0 Å². The number of rotatable bonds is 5. The fourth-order valence-electron chi connectivity index (χ4n) is 1.56. The van der Waals surface area contributed by atoms with Crippen LogP contribution in [0.2, 0.25) is 0 Å². The summed E-state index contributed by atoms with van der Waals surface area (Å²) in [7, 11) is 1.84. The molecule has 1 aromatic rings. The van der Waals surface area contributed by atoms with Crippen LogP contribution < -0.4 is 5.32 Å². The normalized spacial score (nSPS) is 12.8. The number of hydrogen-bond acceptors (Lipinski definition) is 3. The third kappa shape index (κ3) is 3.56. The van der Waals surface area contributed by atoms with Gasteiger partial charge in [0.15, 0.2) is 0 Å². The molecule has 0 aliphatic rings. The first-order valence-electron chi connectivity index (χ1n) is 5.88. The highest BCUT2D eigenvalue weighted by Crippen LogP contribution is 2.14. The molecule has 5 nitrogen and oxygen atoms in total. The number of aliphatic hydroxyl groups excluding tert-OH is 1. The van der Waals surface area contributed by atoms with Crippen LogP contribution in [0.3, 0.4) is 0 Å². The summed E-state index contributed by atoms with van der Waals surface area (Å²) in [6.45, 7) is 6.53. The van der Waals surface area contributed by atoms with Crippen LogP contribution in [0.15, 0.2) is 6.07 Å². The fourth-order valence-corrected chi connectivity index (χ4v) is 1.56. The van der Waals surface area contributed by atoms with E-state index in [-0.39, 0.29) is 18.4 Å². The van der Waals surface area contributed by atoms with Gasteiger partial charge >= 0.3 is 0 Å². The molecular formula is C12H21N3O2. The summed E-state index contributed by atoms with van der Waals surface area (Å²) in [5.74, 6) is 0.213. The van der Waals surface area contributed by atoms with Gasteiger partial charge < -0.3 is 10.4 Å². The Kier molecular flexibility index (Phi) is 4.69. The maximum Gasteiger partial charge on any atom is 0.271 e. The average molecular weight is 239 g/mol. The number of carbonyl (C=O) groups is 1. The lowest BCUT2D eigenvalue weighted by Gasteiger charge is -2.07. The number of aliphatic hydroxyl groups is 1. The smallest absolute Gasteiger partial charge is 0.271 e. The first-order valence-corrected chi connectivity index (χ1v) is 5.88. The Labute approximate surface area is 102 Å². The minimum absolute atomic E-state index is 0.0623. The molecule has 0 aromatic carbocycles. The van der Waals surface area contributed by atoms with E-state index in [1.807, 2.05) is 20.0 Å². The van der Waals surface area contributed by atoms with Gasteiger partial charge in [0.1, 0.15) is 5.69 Å². The number of amides is 1. The molecule has 1 amide bonds. The standard InChI is InChI=1S/C12H21N3O2/c1-8(2)11-5-10(14-15(11)4)12(17)13-6-9(3)7-16/h5,8-9,16H,6-7H2,1-4H3,(H,13,17). The Balaban J connectivity index is 2.67. The van der Waals surface area contributed by atoms with E-state index in [9.17, 15) is 4.79 Å². The Hall–Kier alpha value is -1.36. The summed E-state index contributed by atoms with van der Waals surface area (Å²) in [4.78, 5) is 11.8. The lowest BCUT2D eigenvalue weighted by atomic mass is 10.1. The average Bonchev–Trinajstić information content (AvgIpc) is 2.67. The summed E-state index contributed by atoms with van der Waals surface area (Å²) >= 11 is 0. The monoisotopic (exact) mass is 239 g/mol. The lowest BCUT2D eigenvalue weighted by molar-refractivity contribution is 0.0936. The van der Waals surface area contributed by atoms with Crippen LogP contribution >= 0.6 is 0 Å². The summed E-state index contributed by atoms with van der Waals surface area (Å²) in [6.07, 6.45) is 0. The molecule has 96 valence electrons. The molecule has 0 aliphatic heterocycles. The number of nitrogens with zero attached hydrogens (tertiary/aromatic N) is 2. The van der Waals surface area contributed by atoms with Crippen LogP contribution in [0.25, 0.3) is 0 Å². The van der Waals surface area contributed by atoms with Crippen molar-refractivity contribution in [3.8, 4) is 0 Å². The molecule has 1 rings (SSSR count). The van der Waals surface area contributed by atoms with E-state index in [0.29, 0.717) is 18.2 Å². The molecule has 1 unspecified atom stereocenters. The van der Waals surface area contributed by atoms with Crippen LogP contribution in [-0.4, -0.2) is 33.9 Å². The summed E-state index contributed by atoms with van der Waals surface area (Å²) < 4.78 is 1.73. The second-order valence-electron chi connectivity index (χ2n) is 4.73. The molecule has 5 heteroatoms. The highest BCUT2D eigenvalue weighted by molar-refractivity contribution is 5.92. The van der Waals surface area contributed by atoms with E-state index in [0.717, 1.165) is 5.69 Å². The van der Waals surface area contributed by atoms with Crippen LogP contribution in [0.1, 0.15) is 42.9 Å². The number of aromatic nitrogens is 2. The second kappa shape index (κ2) is 5.82. The SMILES string of the molecule is CC(CO)CNC(=O)c1cc(C(C)C)n(C)n1. The zero-order valence-electron chi connectivity index (χ0n) is 10.9. The Morgan fingerprint density at radius 2 is 2.18 bits per heavy atom. The zero-order chi connectivity index (χ0) is 13.0. The van der Waals surface area contributed by atoms with Crippen molar-refractivity contribution < 1.29 is 9.90 Å². The molecule has 1 atom stereocenters. The predicted octanol–water partition coefficient (Wildman–Crippen LogP) is 0.902. The van der Waals surface area contributed by atoms with Crippen molar-refractivity contribution in [2.75, 3.05) is 13.2 Å². The third-order valence-corrected chi connectivity index (χ3v) is 2.66. The van der Waals surface area contributed by atoms with E-state index in [4.69, 9.17) is 5.11 Å². The maximum atomic E-state index is 11.8. The Bertz CT molecular complexity index is 385. The summed E-state index contributed by atoms with van der Waals surface area (Å²) in [5.41, 5.74) is 1.46. The number of aryl methyl sites for hydroxylation is 1. The largest absolute Gasteiger partial charge is 0.396 e. The van der Waals surface area contributed by atoms with Gasteiger partial charge in [-0.05, 0) is 17.9 Å². The molecule has 0 bridgehead atoms. The topological polar surface area (TPSA) is 67.2 Å². The second-order valence-corrected chi connectivity index (χ2v) is 4.73. The Morgan fingerprint density at radius 1 is 1.53 bits per heavy atom. The molecule has 0 radical (unpaired) electrons. The molecule has 0 saturated heterocycles. The third-order valence-electron chi connectivity index (χ3n) is 2.66. The minimum Gasteiger partial charge on any atom is -0.396 e. The summed E-state index contributed by atoms with van der Waals surface area (Å²) in [5, 5.41) is 15.8. The number of carbonyl (C=O) groups excluding carboxylic acids is 1. The highest BCUT2D eigenvalue weighted by Gasteiger charge is 2.14. The number of hydrogen-bond donors (Lipinski definition) is 2. The van der Waals surface area contributed by atoms with Gasteiger partial charge in [0.2, 0.25) is 0 Å². The van der Waals surface area contributed by atoms with Gasteiger partial charge in [0, 0.05) is 25.9 Å². The van der Waals surface area contributed by atoms with Crippen molar-refractivity contribution in [1.29, 1.82) is 0 Å². The van der Waals surface area contributed by atoms with Crippen molar-refractivity contribution in [2.24, 2.45) is 13.0 Å². The molecule has 0 spiro atoms. The molecule has 1 heterocycles. The predicted molar refractivity (Wildman–Crippen MR) is 65.9 cm³/mol. The van der Waals surface area contributed by atoms with Gasteiger partial charge in [0.25, 0.3) is 5.91 Å².